The molecule has 2 aromatic carbocycles. The van der Waals surface area contributed by atoms with Gasteiger partial charge in [0.25, 0.3) is 0 Å². The van der Waals surface area contributed by atoms with E-state index in [1.807, 2.05) is 30.3 Å². The Bertz CT molecular complexity index is 1630. The first-order chi connectivity index (χ1) is 20.5. The molecule has 9 nitrogen and oxygen atoms in total. The molecular formula is C30H26ClF3N4O5. The van der Waals surface area contributed by atoms with Crippen LogP contribution >= 0.6 is 11.6 Å². The van der Waals surface area contributed by atoms with Gasteiger partial charge in [0, 0.05) is 23.7 Å². The molecule has 0 spiro atoms. The summed E-state index contributed by atoms with van der Waals surface area (Å²) in [7, 11) is 0. The van der Waals surface area contributed by atoms with Gasteiger partial charge in [0.15, 0.2) is 17.3 Å². The maximum absolute atomic E-state index is 13.9. The number of aromatic nitrogens is 3. The van der Waals surface area contributed by atoms with Gasteiger partial charge in [-0.2, -0.15) is 18.3 Å². The number of carboxylic acid groups (broad SMARTS) is 1. The molecule has 2 aromatic heterocycles. The standard InChI is InChI=1S/C30H26ClF3N4O5/c1-2-42-28(39)37-14-12-19(13-15-37)18-6-8-20(9-7-18)22-11-10-21(31)16-23(22)24-4-3-5-26(36-24)38-27(30(32,33)34)25(17-35-38)43-29(40)41/h3-11,16-17,19H,2,12-15H2,1H3,(H,40,41). The predicted molar refractivity (Wildman–Crippen MR) is 151 cm³/mol. The van der Waals surface area contributed by atoms with Gasteiger partial charge in [-0.1, -0.05) is 48.0 Å². The first-order valence-electron chi connectivity index (χ1n) is 13.4. The number of rotatable bonds is 6. The number of benzene rings is 2. The number of piperidine rings is 1. The number of carbonyl (C=O) groups excluding carboxylic acids is 1. The van der Waals surface area contributed by atoms with Crippen molar-refractivity contribution in [2.24, 2.45) is 0 Å². The number of ether oxygens (including phenoxy) is 2. The Balaban J connectivity index is 1.44. The maximum Gasteiger partial charge on any atom is 0.511 e. The fourth-order valence-electron chi connectivity index (χ4n) is 5.15. The summed E-state index contributed by atoms with van der Waals surface area (Å²) in [5.41, 5.74) is 2.24. The number of hydrogen-bond donors (Lipinski definition) is 1. The molecule has 1 aliphatic heterocycles. The topological polar surface area (TPSA) is 107 Å². The summed E-state index contributed by atoms with van der Waals surface area (Å²) in [6.07, 6.45) is -4.86. The maximum atomic E-state index is 13.9. The van der Waals surface area contributed by atoms with E-state index in [0.29, 0.717) is 46.9 Å². The van der Waals surface area contributed by atoms with Crippen LogP contribution < -0.4 is 4.74 Å². The highest BCUT2D eigenvalue weighted by atomic mass is 35.5. The van der Waals surface area contributed by atoms with Crippen molar-refractivity contribution < 1.29 is 37.3 Å². The van der Waals surface area contributed by atoms with E-state index in [1.54, 1.807) is 30.0 Å². The largest absolute Gasteiger partial charge is 0.511 e. The van der Waals surface area contributed by atoms with E-state index in [2.05, 4.69) is 14.8 Å². The highest BCUT2D eigenvalue weighted by Crippen LogP contribution is 2.39. The lowest BCUT2D eigenvalue weighted by Crippen LogP contribution is -2.38. The third-order valence-corrected chi connectivity index (χ3v) is 7.36. The SMILES string of the molecule is CCOC(=O)N1CCC(c2ccc(-c3ccc(Cl)cc3-c3cccc(-n4ncc(OC(=O)O)c4C(F)(F)F)n3)cc2)CC1. The number of hydrogen-bond acceptors (Lipinski definition) is 6. The van der Waals surface area contributed by atoms with Gasteiger partial charge < -0.3 is 19.5 Å². The van der Waals surface area contributed by atoms with Crippen molar-refractivity contribution >= 4 is 23.8 Å². The number of pyridine rings is 1. The molecule has 43 heavy (non-hydrogen) atoms. The average molecular weight is 615 g/mol. The number of nitrogens with zero attached hydrogens (tertiary/aromatic N) is 4. The molecule has 13 heteroatoms. The molecule has 1 aliphatic rings. The first kappa shape index (κ1) is 29.9. The number of halogens is 4. The smallest absolute Gasteiger partial charge is 0.450 e. The van der Waals surface area contributed by atoms with E-state index >= 15 is 0 Å². The van der Waals surface area contributed by atoms with Gasteiger partial charge in [-0.3, -0.25) is 0 Å². The first-order valence-corrected chi connectivity index (χ1v) is 13.8. The van der Waals surface area contributed by atoms with Crippen LogP contribution in [0, 0.1) is 0 Å². The van der Waals surface area contributed by atoms with Gasteiger partial charge in [0.1, 0.15) is 0 Å². The molecule has 0 atom stereocenters. The summed E-state index contributed by atoms with van der Waals surface area (Å²) < 4.78 is 51.6. The summed E-state index contributed by atoms with van der Waals surface area (Å²) in [4.78, 5) is 29.1. The van der Waals surface area contributed by atoms with Gasteiger partial charge in [-0.05, 0) is 66.6 Å². The lowest BCUT2D eigenvalue weighted by molar-refractivity contribution is -0.143. The molecule has 224 valence electrons. The fraction of sp³-hybridized carbons (Fsp3) is 0.267. The van der Waals surface area contributed by atoms with Crippen molar-refractivity contribution in [2.75, 3.05) is 19.7 Å². The second-order valence-corrected chi connectivity index (χ2v) is 10.2. The summed E-state index contributed by atoms with van der Waals surface area (Å²) in [6.45, 7) is 3.35. The quantitative estimate of drug-likeness (QED) is 0.222. The van der Waals surface area contributed by atoms with Crippen LogP contribution in [-0.2, 0) is 10.9 Å². The van der Waals surface area contributed by atoms with Gasteiger partial charge >= 0.3 is 18.4 Å². The summed E-state index contributed by atoms with van der Waals surface area (Å²) in [5.74, 6) is -0.863. The average Bonchev–Trinajstić information content (AvgIpc) is 3.41. The Morgan fingerprint density at radius 1 is 1.05 bits per heavy atom. The number of carbonyl (C=O) groups is 2. The number of alkyl halides is 3. The Kier molecular flexibility index (Phi) is 8.58. The van der Waals surface area contributed by atoms with Gasteiger partial charge in [-0.15, -0.1) is 0 Å². The zero-order valence-corrected chi connectivity index (χ0v) is 23.6. The van der Waals surface area contributed by atoms with Crippen LogP contribution in [0.1, 0.15) is 36.9 Å². The molecular weight excluding hydrogens is 589 g/mol. The van der Waals surface area contributed by atoms with Gasteiger partial charge in [-0.25, -0.2) is 19.3 Å². The van der Waals surface area contributed by atoms with Crippen molar-refractivity contribution in [2.45, 2.75) is 31.9 Å². The van der Waals surface area contributed by atoms with Crippen molar-refractivity contribution in [3.63, 3.8) is 0 Å². The molecule has 1 N–H and O–H groups in total. The van der Waals surface area contributed by atoms with Crippen LogP contribution in [0.2, 0.25) is 5.02 Å². The van der Waals surface area contributed by atoms with Crippen LogP contribution in [0.25, 0.3) is 28.2 Å². The van der Waals surface area contributed by atoms with Crippen LogP contribution in [0.3, 0.4) is 0 Å². The molecule has 1 saturated heterocycles. The van der Waals surface area contributed by atoms with Crippen molar-refractivity contribution in [1.29, 1.82) is 0 Å². The Morgan fingerprint density at radius 3 is 2.42 bits per heavy atom. The second kappa shape index (κ2) is 12.3. The third-order valence-electron chi connectivity index (χ3n) is 7.12. The normalized spacial score (nSPS) is 14.0. The van der Waals surface area contributed by atoms with Gasteiger partial charge in [0.2, 0.25) is 0 Å². The molecule has 4 aromatic rings. The Labute approximate surface area is 249 Å². The number of amides is 1. The third kappa shape index (κ3) is 6.59. The lowest BCUT2D eigenvalue weighted by Gasteiger charge is -2.31. The highest BCUT2D eigenvalue weighted by molar-refractivity contribution is 6.31. The monoisotopic (exact) mass is 614 g/mol. The van der Waals surface area contributed by atoms with E-state index in [9.17, 15) is 22.8 Å². The van der Waals surface area contributed by atoms with Crippen molar-refractivity contribution in [3.05, 3.63) is 83.1 Å². The molecule has 0 radical (unpaired) electrons. The Morgan fingerprint density at radius 2 is 1.77 bits per heavy atom. The highest BCUT2D eigenvalue weighted by Gasteiger charge is 2.41. The van der Waals surface area contributed by atoms with Crippen LogP contribution in [0.4, 0.5) is 22.8 Å². The number of likely N-dealkylation sites (tertiary alicyclic amines) is 1. The van der Waals surface area contributed by atoms with E-state index in [4.69, 9.17) is 21.4 Å². The molecule has 0 bridgehead atoms. The van der Waals surface area contributed by atoms with Crippen LogP contribution in [0.15, 0.2) is 66.9 Å². The summed E-state index contributed by atoms with van der Waals surface area (Å²) in [5, 5.41) is 13.0. The van der Waals surface area contributed by atoms with E-state index in [-0.39, 0.29) is 17.8 Å². The molecule has 0 unspecified atom stereocenters. The second-order valence-electron chi connectivity index (χ2n) is 9.79. The lowest BCUT2D eigenvalue weighted by atomic mass is 9.88. The molecule has 1 fully saturated rings. The van der Waals surface area contributed by atoms with Gasteiger partial charge in [0.05, 0.1) is 18.5 Å². The fourth-order valence-corrected chi connectivity index (χ4v) is 5.32. The molecule has 3 heterocycles. The van der Waals surface area contributed by atoms with E-state index in [0.717, 1.165) is 29.5 Å². The zero-order valence-electron chi connectivity index (χ0n) is 22.8. The Hall–Kier alpha value is -4.58. The van der Waals surface area contributed by atoms with Crippen molar-refractivity contribution in [1.82, 2.24) is 19.7 Å². The van der Waals surface area contributed by atoms with E-state index in [1.165, 1.54) is 12.1 Å². The van der Waals surface area contributed by atoms with Crippen molar-refractivity contribution in [3.8, 4) is 34.0 Å². The molecule has 5 rings (SSSR count). The zero-order chi connectivity index (χ0) is 30.7. The minimum atomic E-state index is -4.97. The minimum Gasteiger partial charge on any atom is -0.450 e. The summed E-state index contributed by atoms with van der Waals surface area (Å²) in [6, 6.07) is 17.7. The van der Waals surface area contributed by atoms with Crippen LogP contribution in [-0.4, -0.2) is 56.7 Å². The molecule has 0 aliphatic carbocycles. The molecule has 1 amide bonds. The minimum absolute atomic E-state index is 0.194. The predicted octanol–water partition coefficient (Wildman–Crippen LogP) is 7.67. The molecule has 0 saturated carbocycles. The van der Waals surface area contributed by atoms with E-state index < -0.39 is 23.8 Å². The van der Waals surface area contributed by atoms with Crippen LogP contribution in [0.5, 0.6) is 5.75 Å². The summed E-state index contributed by atoms with van der Waals surface area (Å²) >= 11 is 6.33.